The molecule has 5 rings (SSSR count). The van der Waals surface area contributed by atoms with Crippen LogP contribution in [0.15, 0.2) is 73.3 Å². The summed E-state index contributed by atoms with van der Waals surface area (Å²) in [5, 5.41) is 4.97. The summed E-state index contributed by atoms with van der Waals surface area (Å²) in [6.45, 7) is 0.235. The van der Waals surface area contributed by atoms with E-state index in [0.29, 0.717) is 23.4 Å². The zero-order valence-corrected chi connectivity index (χ0v) is 21.9. The predicted octanol–water partition coefficient (Wildman–Crippen LogP) is 4.93. The number of nitrogens with zero attached hydrogens (tertiary/aromatic N) is 3. The summed E-state index contributed by atoms with van der Waals surface area (Å²) in [5.41, 5.74) is 2.54. The van der Waals surface area contributed by atoms with Crippen molar-refractivity contribution in [2.24, 2.45) is 7.05 Å². The van der Waals surface area contributed by atoms with Gasteiger partial charge in [-0.2, -0.15) is 0 Å². The van der Waals surface area contributed by atoms with Crippen molar-refractivity contribution in [3.8, 4) is 27.8 Å². The minimum Gasteiger partial charge on any atom is -0.496 e. The van der Waals surface area contributed by atoms with Gasteiger partial charge < -0.3 is 24.7 Å². The van der Waals surface area contributed by atoms with Gasteiger partial charge in [-0.15, -0.1) is 11.3 Å². The van der Waals surface area contributed by atoms with Crippen LogP contribution in [0.5, 0.6) is 17.2 Å². The molecule has 39 heavy (non-hydrogen) atoms. The number of ether oxygens (including phenoxy) is 2. The fraction of sp³-hybridized carbons (Fsp3) is 0.143. The molecule has 0 saturated carbocycles. The van der Waals surface area contributed by atoms with Crippen molar-refractivity contribution in [2.45, 2.75) is 6.42 Å². The molecule has 2 amide bonds. The molecule has 0 saturated heterocycles. The SMILES string of the molecule is COc1ccccc1CCNC(=O)C(=O)Nc1ccc(Oc2ccnc3cc(-c4cn(C)cn4)sc23)c(F)c1. The van der Waals surface area contributed by atoms with Gasteiger partial charge in [-0.3, -0.25) is 14.6 Å². The number of benzene rings is 2. The maximum Gasteiger partial charge on any atom is 0.313 e. The Hall–Kier alpha value is -4.77. The number of para-hydroxylation sites is 1. The number of aromatic nitrogens is 3. The topological polar surface area (TPSA) is 107 Å². The molecule has 0 unspecified atom stereocenters. The number of imidazole rings is 1. The highest BCUT2D eigenvalue weighted by Gasteiger charge is 2.17. The number of pyridine rings is 1. The van der Waals surface area contributed by atoms with Gasteiger partial charge in [-0.25, -0.2) is 9.37 Å². The maximum absolute atomic E-state index is 14.9. The van der Waals surface area contributed by atoms with Gasteiger partial charge in [0.1, 0.15) is 11.5 Å². The summed E-state index contributed by atoms with van der Waals surface area (Å²) in [4.78, 5) is 34.2. The Kier molecular flexibility index (Phi) is 7.50. The number of methoxy groups -OCH3 is 1. The molecule has 0 bridgehead atoms. The van der Waals surface area contributed by atoms with Crippen molar-refractivity contribution in [1.29, 1.82) is 0 Å². The second-order valence-corrected chi connectivity index (χ2v) is 9.63. The van der Waals surface area contributed by atoms with Gasteiger partial charge in [0, 0.05) is 43.8 Å². The van der Waals surface area contributed by atoms with E-state index >= 15 is 0 Å². The van der Waals surface area contributed by atoms with Crippen LogP contribution in [0.1, 0.15) is 5.56 Å². The molecule has 0 aliphatic rings. The molecule has 0 atom stereocenters. The first-order valence-electron chi connectivity index (χ1n) is 12.0. The normalized spacial score (nSPS) is 10.8. The molecule has 2 aromatic carbocycles. The molecular formula is C28H24FN5O4S. The quantitative estimate of drug-likeness (QED) is 0.268. The monoisotopic (exact) mass is 545 g/mol. The lowest BCUT2D eigenvalue weighted by atomic mass is 10.1. The molecule has 3 heterocycles. The third kappa shape index (κ3) is 5.88. The van der Waals surface area contributed by atoms with Crippen LogP contribution in [0.4, 0.5) is 10.1 Å². The molecule has 0 aliphatic heterocycles. The fourth-order valence-corrected chi connectivity index (χ4v) is 4.96. The van der Waals surface area contributed by atoms with E-state index in [1.807, 2.05) is 48.1 Å². The molecule has 0 radical (unpaired) electrons. The number of hydrogen-bond donors (Lipinski definition) is 2. The molecule has 3 aromatic heterocycles. The van der Waals surface area contributed by atoms with Crippen LogP contribution in [0.2, 0.25) is 0 Å². The van der Waals surface area contributed by atoms with Crippen LogP contribution in [0.25, 0.3) is 20.8 Å². The van der Waals surface area contributed by atoms with Gasteiger partial charge in [-0.05, 0) is 36.2 Å². The van der Waals surface area contributed by atoms with E-state index in [1.54, 1.807) is 25.7 Å². The zero-order valence-electron chi connectivity index (χ0n) is 21.1. The average Bonchev–Trinajstić information content (AvgIpc) is 3.57. The first kappa shape index (κ1) is 25.9. The second-order valence-electron chi connectivity index (χ2n) is 8.58. The van der Waals surface area contributed by atoms with Gasteiger partial charge in [0.05, 0.1) is 34.2 Å². The number of nitrogens with one attached hydrogen (secondary N) is 2. The van der Waals surface area contributed by atoms with Gasteiger partial charge in [0.15, 0.2) is 11.6 Å². The largest absolute Gasteiger partial charge is 0.496 e. The average molecular weight is 546 g/mol. The summed E-state index contributed by atoms with van der Waals surface area (Å²) >= 11 is 1.44. The smallest absolute Gasteiger partial charge is 0.313 e. The van der Waals surface area contributed by atoms with Gasteiger partial charge in [0.2, 0.25) is 0 Å². The number of halogens is 1. The van der Waals surface area contributed by atoms with Crippen molar-refractivity contribution in [2.75, 3.05) is 19.0 Å². The minimum atomic E-state index is -0.903. The van der Waals surface area contributed by atoms with E-state index in [4.69, 9.17) is 9.47 Å². The van der Waals surface area contributed by atoms with Crippen molar-refractivity contribution in [3.05, 3.63) is 84.7 Å². The van der Waals surface area contributed by atoms with Crippen molar-refractivity contribution >= 4 is 39.1 Å². The summed E-state index contributed by atoms with van der Waals surface area (Å²) < 4.78 is 28.7. The van der Waals surface area contributed by atoms with Crippen molar-refractivity contribution in [3.63, 3.8) is 0 Å². The van der Waals surface area contributed by atoms with Gasteiger partial charge in [-0.1, -0.05) is 18.2 Å². The van der Waals surface area contributed by atoms with Crippen LogP contribution in [-0.4, -0.2) is 40.0 Å². The molecule has 0 spiro atoms. The van der Waals surface area contributed by atoms with Crippen molar-refractivity contribution < 1.29 is 23.5 Å². The number of rotatable bonds is 8. The van der Waals surface area contributed by atoms with Gasteiger partial charge >= 0.3 is 11.8 Å². The summed E-state index contributed by atoms with van der Waals surface area (Å²) in [5.74, 6) is -1.32. The zero-order chi connectivity index (χ0) is 27.4. The highest BCUT2D eigenvalue weighted by atomic mass is 32.1. The highest BCUT2D eigenvalue weighted by molar-refractivity contribution is 7.22. The summed E-state index contributed by atoms with van der Waals surface area (Å²) in [6.07, 6.45) is 5.69. The fourth-order valence-electron chi connectivity index (χ4n) is 3.93. The molecule has 2 N–H and O–H groups in total. The van der Waals surface area contributed by atoms with Gasteiger partial charge in [0.25, 0.3) is 0 Å². The lowest BCUT2D eigenvalue weighted by Crippen LogP contribution is -2.36. The number of hydrogen-bond acceptors (Lipinski definition) is 7. The summed E-state index contributed by atoms with van der Waals surface area (Å²) in [6, 6.07) is 14.9. The highest BCUT2D eigenvalue weighted by Crippen LogP contribution is 2.39. The first-order valence-corrected chi connectivity index (χ1v) is 12.8. The third-order valence-electron chi connectivity index (χ3n) is 5.82. The molecular weight excluding hydrogens is 521 g/mol. The Bertz CT molecular complexity index is 1670. The van der Waals surface area contributed by atoms with E-state index in [0.717, 1.165) is 26.9 Å². The summed E-state index contributed by atoms with van der Waals surface area (Å²) in [7, 11) is 3.46. The maximum atomic E-state index is 14.9. The molecule has 0 fully saturated rings. The van der Waals surface area contributed by atoms with E-state index in [2.05, 4.69) is 20.6 Å². The lowest BCUT2D eigenvalue weighted by Gasteiger charge is -2.11. The lowest BCUT2D eigenvalue weighted by molar-refractivity contribution is -0.136. The number of anilines is 1. The van der Waals surface area contributed by atoms with E-state index in [-0.39, 0.29) is 18.0 Å². The molecule has 5 aromatic rings. The Labute approximate surface area is 227 Å². The molecule has 0 aliphatic carbocycles. The number of amides is 2. The third-order valence-corrected chi connectivity index (χ3v) is 6.98. The number of carbonyl (C=O) groups is 2. The van der Waals surface area contributed by atoms with Crippen LogP contribution in [0.3, 0.4) is 0 Å². The Morgan fingerprint density at radius 3 is 2.64 bits per heavy atom. The van der Waals surface area contributed by atoms with Crippen LogP contribution in [-0.2, 0) is 23.1 Å². The second kappa shape index (κ2) is 11.3. The molecule has 9 nitrogen and oxygen atoms in total. The Balaban J connectivity index is 1.22. The number of carbonyl (C=O) groups excluding carboxylic acids is 2. The predicted molar refractivity (Wildman–Crippen MR) is 147 cm³/mol. The van der Waals surface area contributed by atoms with Crippen LogP contribution < -0.4 is 20.1 Å². The first-order chi connectivity index (χ1) is 18.9. The van der Waals surface area contributed by atoms with E-state index in [1.165, 1.54) is 23.5 Å². The Morgan fingerprint density at radius 1 is 1.03 bits per heavy atom. The van der Waals surface area contributed by atoms with Crippen LogP contribution in [0, 0.1) is 5.82 Å². The molecule has 11 heteroatoms. The van der Waals surface area contributed by atoms with E-state index < -0.39 is 17.6 Å². The number of fused-ring (bicyclic) bond motifs is 1. The number of thiophene rings is 1. The minimum absolute atomic E-state index is 0.0328. The van der Waals surface area contributed by atoms with E-state index in [9.17, 15) is 14.0 Å². The standard InChI is InChI=1S/C28H24FN5O4S/c1-34-15-21(32-16-34)25-14-20-26(39-25)24(10-12-30-20)38-23-8-7-18(13-19(23)29)33-28(36)27(35)31-11-9-17-5-3-4-6-22(17)37-2/h3-8,10,12-16H,9,11H2,1-2H3,(H,31,35)(H,33,36). The van der Waals surface area contributed by atoms with Crippen molar-refractivity contribution in [1.82, 2.24) is 19.9 Å². The Morgan fingerprint density at radius 2 is 1.87 bits per heavy atom. The molecule has 198 valence electrons. The number of aryl methyl sites for hydroxylation is 1. The van der Waals surface area contributed by atoms with Crippen LogP contribution >= 0.6 is 11.3 Å².